The number of carbonyl (C=O) groups excluding carboxylic acids is 4. The zero-order chi connectivity index (χ0) is 26.6. The zero-order valence-electron chi connectivity index (χ0n) is 20.4. The molecule has 1 fully saturated rings. The largest absolute Gasteiger partial charge is 0.427 e. The van der Waals surface area contributed by atoms with Gasteiger partial charge in [0.15, 0.2) is 10.8 Å². The Morgan fingerprint density at radius 3 is 2.64 bits per heavy atom. The fraction of sp³-hybridized carbons (Fsp3) is 0.455. The minimum absolute atomic E-state index is 0.0391. The maximum atomic E-state index is 13.1. The molecule has 0 aromatic carbocycles. The van der Waals surface area contributed by atoms with Gasteiger partial charge < -0.3 is 25.4 Å². The number of nitrogens with one attached hydrogen (secondary N) is 1. The first kappa shape index (κ1) is 27.2. The lowest BCUT2D eigenvalue weighted by molar-refractivity contribution is -0.173. The van der Waals surface area contributed by atoms with Crippen LogP contribution in [0.15, 0.2) is 34.0 Å². The highest BCUT2D eigenvalue weighted by Crippen LogP contribution is 2.41. The van der Waals surface area contributed by atoms with Crippen molar-refractivity contribution < 1.29 is 33.5 Å². The number of fused-ring (bicyclic) bond motifs is 1. The van der Waals surface area contributed by atoms with Gasteiger partial charge in [-0.15, -0.1) is 23.1 Å². The summed E-state index contributed by atoms with van der Waals surface area (Å²) >= 11 is 2.50. The zero-order valence-corrected chi connectivity index (χ0v) is 22.0. The molecule has 1 aromatic rings. The molecule has 3 N–H and O–H groups in total. The molecule has 0 spiro atoms. The van der Waals surface area contributed by atoms with Gasteiger partial charge in [-0.2, -0.15) is 0 Å². The van der Waals surface area contributed by atoms with Crippen molar-refractivity contribution in [3.05, 3.63) is 34.5 Å². The van der Waals surface area contributed by atoms with E-state index in [2.05, 4.69) is 15.5 Å². The van der Waals surface area contributed by atoms with Gasteiger partial charge in [0.2, 0.25) is 6.79 Å². The number of nitrogens with two attached hydrogens (primary N) is 1. The average Bonchev–Trinajstić information content (AvgIpc) is 3.25. The second kappa shape index (κ2) is 11.1. The number of oxime groups is 1. The minimum atomic E-state index is -0.922. The highest BCUT2D eigenvalue weighted by atomic mass is 32.2. The standard InChI is InChI=1S/C22H27N5O7S2/c1-6-7-11-8-35-18-14(25-16(28)13(26-32-5)12-9-36-21(23)24-12)17(29)27(18)15(11)19(30)33-10-34-20(31)22(2,3)4/h6-7,9,14,18H,8,10H2,1-5H3,(H2,23,24)(H,25,28)/b7-6-,26-13-/t14?,18-/m0/s1. The Morgan fingerprint density at radius 2 is 2.06 bits per heavy atom. The van der Waals surface area contributed by atoms with Crippen molar-refractivity contribution in [2.45, 2.75) is 39.1 Å². The van der Waals surface area contributed by atoms with Crippen molar-refractivity contribution in [2.24, 2.45) is 10.6 Å². The SMILES string of the molecule is C/C=C\C1=C(C(=O)OCOC(=O)C(C)(C)C)N2C(=O)C(NC(=O)/C(=N\OC)c3csc(N)n3)[C@@H]2SC1. The molecule has 0 saturated carbocycles. The Kier molecular flexibility index (Phi) is 8.40. The van der Waals surface area contributed by atoms with Crippen LogP contribution in [0, 0.1) is 5.41 Å². The maximum Gasteiger partial charge on any atom is 0.358 e. The summed E-state index contributed by atoms with van der Waals surface area (Å²) in [5.74, 6) is -2.14. The second-order valence-electron chi connectivity index (χ2n) is 8.66. The molecule has 2 amide bonds. The summed E-state index contributed by atoms with van der Waals surface area (Å²) in [4.78, 5) is 60.9. The van der Waals surface area contributed by atoms with Crippen LogP contribution in [-0.2, 0) is 33.5 Å². The topological polar surface area (TPSA) is 163 Å². The van der Waals surface area contributed by atoms with Gasteiger partial charge in [0.05, 0.1) is 5.41 Å². The van der Waals surface area contributed by atoms with E-state index in [9.17, 15) is 19.2 Å². The van der Waals surface area contributed by atoms with Crippen LogP contribution >= 0.6 is 23.1 Å². The van der Waals surface area contributed by atoms with Gasteiger partial charge in [0.1, 0.15) is 29.9 Å². The number of esters is 2. The summed E-state index contributed by atoms with van der Waals surface area (Å²) in [6.45, 7) is 6.21. The van der Waals surface area contributed by atoms with Crippen LogP contribution in [0.5, 0.6) is 0 Å². The lowest BCUT2D eigenvalue weighted by atomic mass is 9.98. The Bertz CT molecular complexity index is 1150. The molecule has 12 nitrogen and oxygen atoms in total. The van der Waals surface area contributed by atoms with Crippen molar-refractivity contribution in [2.75, 3.05) is 25.4 Å². The van der Waals surface area contributed by atoms with E-state index in [0.717, 1.165) is 11.3 Å². The molecule has 14 heteroatoms. The summed E-state index contributed by atoms with van der Waals surface area (Å²) in [7, 11) is 1.28. The van der Waals surface area contributed by atoms with Crippen molar-refractivity contribution in [1.82, 2.24) is 15.2 Å². The number of thioether (sulfide) groups is 1. The molecule has 1 unspecified atom stereocenters. The molecule has 0 aliphatic carbocycles. The number of nitrogen functional groups attached to an aromatic ring is 1. The lowest BCUT2D eigenvalue weighted by Gasteiger charge is -2.49. The Hall–Kier alpha value is -3.39. The number of hydrogen-bond acceptors (Lipinski definition) is 12. The van der Waals surface area contributed by atoms with Gasteiger partial charge in [-0.1, -0.05) is 17.3 Å². The van der Waals surface area contributed by atoms with Crippen LogP contribution in [-0.4, -0.2) is 70.4 Å². The number of allylic oxidation sites excluding steroid dienone is 2. The molecule has 2 atom stereocenters. The van der Waals surface area contributed by atoms with E-state index in [4.69, 9.17) is 20.0 Å². The predicted molar refractivity (Wildman–Crippen MR) is 133 cm³/mol. The first-order chi connectivity index (χ1) is 17.0. The molecular weight excluding hydrogens is 510 g/mol. The summed E-state index contributed by atoms with van der Waals surface area (Å²) < 4.78 is 10.2. The van der Waals surface area contributed by atoms with Crippen LogP contribution < -0.4 is 11.1 Å². The molecule has 3 rings (SSSR count). The van der Waals surface area contributed by atoms with Gasteiger partial charge >= 0.3 is 11.9 Å². The number of hydrogen-bond donors (Lipinski definition) is 2. The highest BCUT2D eigenvalue weighted by molar-refractivity contribution is 8.00. The van der Waals surface area contributed by atoms with Gasteiger partial charge in [-0.25, -0.2) is 9.78 Å². The summed E-state index contributed by atoms with van der Waals surface area (Å²) in [6, 6.07) is -0.922. The van der Waals surface area contributed by atoms with Crippen LogP contribution in [0.3, 0.4) is 0 Å². The summed E-state index contributed by atoms with van der Waals surface area (Å²) in [5, 5.41) is 7.59. The van der Waals surface area contributed by atoms with Crippen molar-refractivity contribution in [1.29, 1.82) is 0 Å². The second-order valence-corrected chi connectivity index (χ2v) is 10.7. The van der Waals surface area contributed by atoms with Crippen LogP contribution in [0.4, 0.5) is 5.13 Å². The van der Waals surface area contributed by atoms with Gasteiger partial charge in [0, 0.05) is 11.1 Å². The number of thiazole rings is 1. The molecule has 2 aliphatic heterocycles. The van der Waals surface area contributed by atoms with Crippen LogP contribution in [0.2, 0.25) is 0 Å². The van der Waals surface area contributed by atoms with E-state index in [1.165, 1.54) is 23.8 Å². The minimum Gasteiger partial charge on any atom is -0.427 e. The Balaban J connectivity index is 1.74. The monoisotopic (exact) mass is 537 g/mol. The summed E-state index contributed by atoms with van der Waals surface area (Å²) in [5.41, 5.74) is 5.57. The maximum absolute atomic E-state index is 13.1. The third-order valence-electron chi connectivity index (χ3n) is 5.00. The fourth-order valence-electron chi connectivity index (χ4n) is 3.28. The number of aromatic nitrogens is 1. The molecule has 194 valence electrons. The number of anilines is 1. The highest BCUT2D eigenvalue weighted by Gasteiger charge is 2.54. The van der Waals surface area contributed by atoms with Crippen LogP contribution in [0.1, 0.15) is 33.4 Å². The van der Waals surface area contributed by atoms with Crippen LogP contribution in [0.25, 0.3) is 0 Å². The Morgan fingerprint density at radius 1 is 1.33 bits per heavy atom. The molecule has 1 saturated heterocycles. The third-order valence-corrected chi connectivity index (χ3v) is 6.98. The number of β-lactam (4-membered cyclic amide) rings is 1. The first-order valence-electron chi connectivity index (χ1n) is 10.8. The summed E-state index contributed by atoms with van der Waals surface area (Å²) in [6.07, 6.45) is 3.44. The number of amides is 2. The van der Waals surface area contributed by atoms with E-state index < -0.39 is 47.4 Å². The van der Waals surface area contributed by atoms with Gasteiger partial charge in [0.25, 0.3) is 11.8 Å². The molecule has 0 bridgehead atoms. The molecule has 2 aliphatic rings. The van der Waals surface area contributed by atoms with E-state index in [1.54, 1.807) is 45.2 Å². The molecule has 3 heterocycles. The number of rotatable bonds is 8. The number of nitrogens with zero attached hydrogens (tertiary/aromatic N) is 3. The average molecular weight is 538 g/mol. The van der Waals surface area contributed by atoms with E-state index in [1.807, 2.05) is 0 Å². The lowest BCUT2D eigenvalue weighted by Crippen LogP contribution is -2.71. The molecular formula is C22H27N5O7S2. The predicted octanol–water partition coefficient (Wildman–Crippen LogP) is 1.40. The van der Waals surface area contributed by atoms with Gasteiger partial charge in [-0.3, -0.25) is 19.3 Å². The van der Waals surface area contributed by atoms with Gasteiger partial charge in [-0.05, 0) is 33.3 Å². The molecule has 0 radical (unpaired) electrons. The molecule has 1 aromatic heterocycles. The smallest absolute Gasteiger partial charge is 0.358 e. The normalized spacial score (nSPS) is 20.1. The van der Waals surface area contributed by atoms with Crippen molar-refractivity contribution in [3.63, 3.8) is 0 Å². The number of ether oxygens (including phenoxy) is 2. The first-order valence-corrected chi connectivity index (χ1v) is 12.7. The Labute approximate surface area is 215 Å². The third kappa shape index (κ3) is 5.70. The van der Waals surface area contributed by atoms with E-state index in [-0.39, 0.29) is 22.2 Å². The quantitative estimate of drug-likeness (QED) is 0.163. The van der Waals surface area contributed by atoms with E-state index >= 15 is 0 Å². The fourth-order valence-corrected chi connectivity index (χ4v) is 5.15. The van der Waals surface area contributed by atoms with Crippen molar-refractivity contribution in [3.8, 4) is 0 Å². The molecule has 36 heavy (non-hydrogen) atoms. The van der Waals surface area contributed by atoms with E-state index in [0.29, 0.717) is 11.3 Å². The van der Waals surface area contributed by atoms with Crippen molar-refractivity contribution >= 4 is 57.7 Å². The number of carbonyl (C=O) groups is 4.